The van der Waals surface area contributed by atoms with Gasteiger partial charge < -0.3 is 39.4 Å². The van der Waals surface area contributed by atoms with Crippen molar-refractivity contribution in [2.45, 2.75) is 179 Å². The molecule has 4 N–H and O–H groups in total. The summed E-state index contributed by atoms with van der Waals surface area (Å²) in [5, 5.41) is 40.1. The van der Waals surface area contributed by atoms with E-state index in [1.54, 1.807) is 0 Å². The van der Waals surface area contributed by atoms with Crippen LogP contribution in [0, 0.1) is 0 Å². The monoisotopic (exact) mass is 827 g/mol. The Bertz CT molecular complexity index is 1280. The Balaban J connectivity index is 2.41. The number of unbranched alkanes of at least 4 members (excludes halogenated alkanes) is 9. The van der Waals surface area contributed by atoms with Crippen LogP contribution in [0.1, 0.15) is 142 Å². The maximum absolute atomic E-state index is 12.8. The minimum Gasteiger partial charge on any atom is -0.462 e. The molecule has 0 bridgehead atoms. The van der Waals surface area contributed by atoms with Crippen LogP contribution in [0.4, 0.5) is 0 Å². The van der Waals surface area contributed by atoms with Gasteiger partial charge in [0.1, 0.15) is 31.0 Å². The summed E-state index contributed by atoms with van der Waals surface area (Å²) in [5.41, 5.74) is 0. The largest absolute Gasteiger partial charge is 0.462 e. The van der Waals surface area contributed by atoms with Gasteiger partial charge in [0.25, 0.3) is 0 Å². The summed E-state index contributed by atoms with van der Waals surface area (Å²) in [6, 6.07) is 0. The second-order valence-electron chi connectivity index (χ2n) is 14.8. The lowest BCUT2D eigenvalue weighted by Gasteiger charge is -2.39. The van der Waals surface area contributed by atoms with Crippen LogP contribution in [0.15, 0.2) is 97.2 Å². The van der Waals surface area contributed by atoms with E-state index in [0.29, 0.717) is 12.8 Å². The number of rotatable bonds is 35. The van der Waals surface area contributed by atoms with Gasteiger partial charge in [0.15, 0.2) is 12.4 Å². The summed E-state index contributed by atoms with van der Waals surface area (Å²) < 4.78 is 22.0. The molecule has 0 aliphatic carbocycles. The molecule has 10 nitrogen and oxygen atoms in total. The summed E-state index contributed by atoms with van der Waals surface area (Å²) in [4.78, 5) is 25.3. The van der Waals surface area contributed by atoms with Crippen LogP contribution in [0.2, 0.25) is 0 Å². The lowest BCUT2D eigenvalue weighted by Crippen LogP contribution is -2.59. The fourth-order valence-electron chi connectivity index (χ4n) is 5.97. The summed E-state index contributed by atoms with van der Waals surface area (Å²) in [6.07, 6.45) is 44.2. The number of esters is 2. The minimum atomic E-state index is -1.61. The molecular weight excluding hydrogens is 749 g/mol. The van der Waals surface area contributed by atoms with Crippen LogP contribution in [0.5, 0.6) is 0 Å². The van der Waals surface area contributed by atoms with Crippen molar-refractivity contribution in [1.29, 1.82) is 0 Å². The lowest BCUT2D eigenvalue weighted by atomic mass is 9.99. The number of allylic oxidation sites excluding steroid dienone is 16. The third-order valence-electron chi connectivity index (χ3n) is 9.49. The molecular formula is C49H78O10. The Morgan fingerprint density at radius 2 is 1.08 bits per heavy atom. The highest BCUT2D eigenvalue weighted by Crippen LogP contribution is 2.22. The summed E-state index contributed by atoms with van der Waals surface area (Å²) in [7, 11) is 0. The van der Waals surface area contributed by atoms with E-state index in [1.165, 1.54) is 25.7 Å². The molecule has 10 heteroatoms. The molecule has 1 aliphatic rings. The molecule has 59 heavy (non-hydrogen) atoms. The number of hydrogen-bond donors (Lipinski definition) is 4. The highest BCUT2D eigenvalue weighted by atomic mass is 16.7. The number of carbonyl (C=O) groups is 2. The number of hydrogen-bond acceptors (Lipinski definition) is 10. The average molecular weight is 827 g/mol. The molecule has 0 radical (unpaired) electrons. The molecule has 1 saturated heterocycles. The van der Waals surface area contributed by atoms with Crippen molar-refractivity contribution in [2.75, 3.05) is 19.8 Å². The fourth-order valence-corrected chi connectivity index (χ4v) is 5.97. The zero-order valence-corrected chi connectivity index (χ0v) is 36.2. The van der Waals surface area contributed by atoms with Gasteiger partial charge in [-0.15, -0.1) is 0 Å². The summed E-state index contributed by atoms with van der Waals surface area (Å²) in [6.45, 7) is 3.17. The standard InChI is InChI=1S/C49H78O10/c1-3-5-7-9-11-13-15-17-19-20-21-22-24-25-27-29-31-33-35-37-44(51)56-40-42(41-57-49-48(55)47(54)46(53)43(39-50)59-49)58-45(52)38-36-34-32-30-28-26-23-18-16-14-12-10-8-6-4-2/h5,7,11,13-14,16-19,21-23,25,27,31,33,42-43,46-50,53-55H,3-4,6,8-10,12,15,20,24,26,28-30,32,34-41H2,1-2H3/b7-5+,13-11+,16-14+,19-17+,22-21+,23-18+,27-25+,33-31+/t42-,43-,46+,47?,48?,49-/m0/s1. The molecule has 0 saturated carbocycles. The van der Waals surface area contributed by atoms with Crippen molar-refractivity contribution >= 4 is 11.9 Å². The van der Waals surface area contributed by atoms with Crippen LogP contribution >= 0.6 is 0 Å². The molecule has 0 aromatic heterocycles. The van der Waals surface area contributed by atoms with Crippen LogP contribution in [0.3, 0.4) is 0 Å². The fraction of sp³-hybridized carbons (Fsp3) is 0.633. The van der Waals surface area contributed by atoms with Crippen molar-refractivity contribution in [3.8, 4) is 0 Å². The summed E-state index contributed by atoms with van der Waals surface area (Å²) in [5.74, 6) is -0.933. The maximum atomic E-state index is 12.8. The van der Waals surface area contributed by atoms with Crippen molar-refractivity contribution in [1.82, 2.24) is 0 Å². The van der Waals surface area contributed by atoms with Crippen molar-refractivity contribution in [2.24, 2.45) is 0 Å². The summed E-state index contributed by atoms with van der Waals surface area (Å²) >= 11 is 0. The first-order valence-corrected chi connectivity index (χ1v) is 22.3. The second kappa shape index (κ2) is 38.8. The number of aliphatic hydroxyl groups is 4. The van der Waals surface area contributed by atoms with Gasteiger partial charge in [0.05, 0.1) is 13.2 Å². The third kappa shape index (κ3) is 30.3. The van der Waals surface area contributed by atoms with Gasteiger partial charge in [0, 0.05) is 12.8 Å². The van der Waals surface area contributed by atoms with E-state index in [-0.39, 0.29) is 26.1 Å². The Morgan fingerprint density at radius 1 is 0.559 bits per heavy atom. The zero-order valence-electron chi connectivity index (χ0n) is 36.2. The minimum absolute atomic E-state index is 0.141. The molecule has 0 spiro atoms. The van der Waals surface area contributed by atoms with Gasteiger partial charge in [-0.1, -0.05) is 150 Å². The highest BCUT2D eigenvalue weighted by molar-refractivity contribution is 5.70. The van der Waals surface area contributed by atoms with Gasteiger partial charge in [-0.05, 0) is 77.0 Å². The average Bonchev–Trinajstić information content (AvgIpc) is 3.23. The molecule has 6 atom stereocenters. The first kappa shape index (κ1) is 53.6. The first-order chi connectivity index (χ1) is 28.8. The van der Waals surface area contributed by atoms with E-state index >= 15 is 0 Å². The van der Waals surface area contributed by atoms with E-state index in [4.69, 9.17) is 18.9 Å². The Kier molecular flexibility index (Phi) is 35.3. The number of aliphatic hydroxyl groups excluding tert-OH is 4. The van der Waals surface area contributed by atoms with Crippen LogP contribution < -0.4 is 0 Å². The van der Waals surface area contributed by atoms with Crippen molar-refractivity contribution < 1.29 is 49.0 Å². The number of carbonyl (C=O) groups excluding carboxylic acids is 2. The zero-order chi connectivity index (χ0) is 43.0. The van der Waals surface area contributed by atoms with E-state index in [1.807, 2.05) is 12.2 Å². The molecule has 1 fully saturated rings. The Morgan fingerprint density at radius 3 is 1.64 bits per heavy atom. The molecule has 2 unspecified atom stereocenters. The molecule has 0 amide bonds. The van der Waals surface area contributed by atoms with Gasteiger partial charge in [-0.3, -0.25) is 9.59 Å². The van der Waals surface area contributed by atoms with Crippen molar-refractivity contribution in [3.63, 3.8) is 0 Å². The predicted molar refractivity (Wildman–Crippen MR) is 237 cm³/mol. The first-order valence-electron chi connectivity index (χ1n) is 22.3. The molecule has 0 aromatic carbocycles. The van der Waals surface area contributed by atoms with Gasteiger partial charge >= 0.3 is 11.9 Å². The second-order valence-corrected chi connectivity index (χ2v) is 14.8. The predicted octanol–water partition coefficient (Wildman–Crippen LogP) is 9.55. The smallest absolute Gasteiger partial charge is 0.306 e. The van der Waals surface area contributed by atoms with Gasteiger partial charge in [0.2, 0.25) is 0 Å². The quantitative estimate of drug-likeness (QED) is 0.0210. The molecule has 334 valence electrons. The van der Waals surface area contributed by atoms with Gasteiger partial charge in [-0.2, -0.15) is 0 Å². The van der Waals surface area contributed by atoms with Crippen LogP contribution in [-0.2, 0) is 28.5 Å². The lowest BCUT2D eigenvalue weighted by molar-refractivity contribution is -0.305. The normalized spacial score (nSPS) is 20.9. The number of ether oxygens (including phenoxy) is 4. The molecule has 1 heterocycles. The van der Waals surface area contributed by atoms with E-state index in [2.05, 4.69) is 98.9 Å². The van der Waals surface area contributed by atoms with Crippen LogP contribution in [-0.4, -0.2) is 89.0 Å². The van der Waals surface area contributed by atoms with Crippen LogP contribution in [0.25, 0.3) is 0 Å². The molecule has 0 aromatic rings. The third-order valence-corrected chi connectivity index (χ3v) is 9.49. The molecule has 1 aliphatic heterocycles. The highest BCUT2D eigenvalue weighted by Gasteiger charge is 2.44. The maximum Gasteiger partial charge on any atom is 0.306 e. The Labute approximate surface area is 356 Å². The molecule has 1 rings (SSSR count). The topological polar surface area (TPSA) is 152 Å². The van der Waals surface area contributed by atoms with Crippen molar-refractivity contribution in [3.05, 3.63) is 97.2 Å². The SMILES string of the molecule is CC/C=C/C/C=C/C/C=C/C/C=C/C/C=C/C/C=C/CCC(=O)OC[C@@H](CO[C@H]1O[C@@H](CO)[C@@H](O)C(O)C1O)OC(=O)CCCCCCC/C=C/C=C/CCCCCC. The van der Waals surface area contributed by atoms with Gasteiger partial charge in [-0.25, -0.2) is 0 Å². The van der Waals surface area contributed by atoms with E-state index in [9.17, 15) is 30.0 Å². The van der Waals surface area contributed by atoms with E-state index in [0.717, 1.165) is 77.0 Å². The van der Waals surface area contributed by atoms with E-state index < -0.39 is 55.4 Å². The Hall–Kier alpha value is -3.38.